The molecule has 0 saturated carbocycles. The van der Waals surface area contributed by atoms with Crippen LogP contribution in [0.4, 0.5) is 11.6 Å². The van der Waals surface area contributed by atoms with Gasteiger partial charge in [0.25, 0.3) is 0 Å². The number of anilines is 1. The zero-order chi connectivity index (χ0) is 20.6. The van der Waals surface area contributed by atoms with Crippen molar-refractivity contribution in [3.63, 3.8) is 0 Å². The molecule has 0 aliphatic rings. The Bertz CT molecular complexity index is 963. The van der Waals surface area contributed by atoms with Crippen LogP contribution in [0.15, 0.2) is 59.6 Å². The molecule has 0 aliphatic heterocycles. The summed E-state index contributed by atoms with van der Waals surface area (Å²) in [5.41, 5.74) is 4.47. The third kappa shape index (κ3) is 5.33. The molecule has 152 valence electrons. The Morgan fingerprint density at radius 1 is 1.00 bits per heavy atom. The molecule has 5 heteroatoms. The zero-order valence-corrected chi connectivity index (χ0v) is 17.9. The molecule has 0 bridgehead atoms. The van der Waals surface area contributed by atoms with E-state index in [0.717, 1.165) is 48.7 Å². The van der Waals surface area contributed by atoms with E-state index >= 15 is 0 Å². The smallest absolute Gasteiger partial charge is 0.230 e. The number of aromatic nitrogens is 2. The quantitative estimate of drug-likeness (QED) is 0.491. The van der Waals surface area contributed by atoms with Gasteiger partial charge in [0.05, 0.1) is 11.0 Å². The minimum absolute atomic E-state index is 0.756. The van der Waals surface area contributed by atoms with Crippen molar-refractivity contribution < 1.29 is 0 Å². The first kappa shape index (κ1) is 20.8. The maximum atomic E-state index is 4.72. The average molecular weight is 390 g/mol. The molecule has 29 heavy (non-hydrogen) atoms. The van der Waals surface area contributed by atoms with Crippen molar-refractivity contribution in [2.24, 2.45) is 4.99 Å². The SMILES string of the molecule is CCN(CC)CCn1c(/N=C/C=C/c2ccc(N(C)C)cc2)nc2ccccc21. The number of allylic oxidation sites excluding steroid dienone is 1. The molecule has 3 rings (SSSR count). The lowest BCUT2D eigenvalue weighted by Crippen LogP contribution is -2.26. The first-order valence-corrected chi connectivity index (χ1v) is 10.3. The van der Waals surface area contributed by atoms with Crippen molar-refractivity contribution >= 4 is 35.0 Å². The third-order valence-corrected chi connectivity index (χ3v) is 5.14. The summed E-state index contributed by atoms with van der Waals surface area (Å²) in [7, 11) is 4.09. The molecule has 5 nitrogen and oxygen atoms in total. The van der Waals surface area contributed by atoms with E-state index in [1.807, 2.05) is 38.5 Å². The maximum absolute atomic E-state index is 4.72. The molecule has 1 aromatic heterocycles. The van der Waals surface area contributed by atoms with E-state index in [4.69, 9.17) is 4.98 Å². The van der Waals surface area contributed by atoms with Crippen LogP contribution >= 0.6 is 0 Å². The summed E-state index contributed by atoms with van der Waals surface area (Å²) in [5.74, 6) is 0.756. The molecule has 0 fully saturated rings. The second-order valence-electron chi connectivity index (χ2n) is 7.20. The number of nitrogens with zero attached hydrogens (tertiary/aromatic N) is 5. The molecule has 0 saturated heterocycles. The van der Waals surface area contributed by atoms with Crippen LogP contribution in [-0.4, -0.2) is 54.4 Å². The molecular weight excluding hydrogens is 358 g/mol. The van der Waals surface area contributed by atoms with Gasteiger partial charge < -0.3 is 14.4 Å². The maximum Gasteiger partial charge on any atom is 0.230 e. The number of hydrogen-bond acceptors (Lipinski definition) is 4. The Balaban J connectivity index is 1.76. The molecule has 0 amide bonds. The summed E-state index contributed by atoms with van der Waals surface area (Å²) in [6.45, 7) is 8.37. The number of benzene rings is 2. The van der Waals surface area contributed by atoms with Gasteiger partial charge in [0, 0.05) is 39.1 Å². The monoisotopic (exact) mass is 389 g/mol. The second kappa shape index (κ2) is 10.0. The lowest BCUT2D eigenvalue weighted by atomic mass is 10.2. The molecule has 0 atom stereocenters. The molecule has 0 aliphatic carbocycles. The fourth-order valence-corrected chi connectivity index (χ4v) is 3.31. The number of aliphatic imine (C=N–C) groups is 1. The van der Waals surface area contributed by atoms with Crippen LogP contribution in [0.2, 0.25) is 0 Å². The normalized spacial score (nSPS) is 12.0. The van der Waals surface area contributed by atoms with Crippen LogP contribution in [0.1, 0.15) is 19.4 Å². The Morgan fingerprint density at radius 2 is 1.72 bits per heavy atom. The zero-order valence-electron chi connectivity index (χ0n) is 17.9. The summed E-state index contributed by atoms with van der Waals surface area (Å²) in [5, 5.41) is 0. The first-order valence-electron chi connectivity index (χ1n) is 10.3. The van der Waals surface area contributed by atoms with E-state index in [9.17, 15) is 0 Å². The lowest BCUT2D eigenvalue weighted by molar-refractivity contribution is 0.292. The Kier molecular flexibility index (Phi) is 7.19. The van der Waals surface area contributed by atoms with Gasteiger partial charge in [-0.1, -0.05) is 44.2 Å². The fourth-order valence-electron chi connectivity index (χ4n) is 3.31. The predicted molar refractivity (Wildman–Crippen MR) is 125 cm³/mol. The van der Waals surface area contributed by atoms with Gasteiger partial charge in [0.15, 0.2) is 0 Å². The lowest BCUT2D eigenvalue weighted by Gasteiger charge is -2.18. The predicted octanol–water partition coefficient (Wildman–Crippen LogP) is 4.86. The highest BCUT2D eigenvalue weighted by atomic mass is 15.2. The summed E-state index contributed by atoms with van der Waals surface area (Å²) < 4.78 is 2.21. The van der Waals surface area contributed by atoms with Gasteiger partial charge in [-0.15, -0.1) is 0 Å². The average Bonchev–Trinajstić information content (AvgIpc) is 3.10. The van der Waals surface area contributed by atoms with Crippen molar-refractivity contribution in [3.05, 3.63) is 60.2 Å². The third-order valence-electron chi connectivity index (χ3n) is 5.14. The van der Waals surface area contributed by atoms with E-state index < -0.39 is 0 Å². The van der Waals surface area contributed by atoms with Crippen molar-refractivity contribution in [3.8, 4) is 0 Å². The molecule has 2 aromatic carbocycles. The van der Waals surface area contributed by atoms with Crippen molar-refractivity contribution in [2.75, 3.05) is 38.6 Å². The highest BCUT2D eigenvalue weighted by Crippen LogP contribution is 2.21. The molecule has 0 unspecified atom stereocenters. The van der Waals surface area contributed by atoms with Crippen LogP contribution in [0.3, 0.4) is 0 Å². The van der Waals surface area contributed by atoms with Crippen molar-refractivity contribution in [1.29, 1.82) is 0 Å². The van der Waals surface area contributed by atoms with Crippen LogP contribution in [-0.2, 0) is 6.54 Å². The summed E-state index contributed by atoms with van der Waals surface area (Å²) in [6.07, 6.45) is 5.86. The Morgan fingerprint density at radius 3 is 2.41 bits per heavy atom. The summed E-state index contributed by atoms with van der Waals surface area (Å²) in [4.78, 5) is 13.9. The van der Waals surface area contributed by atoms with Crippen LogP contribution < -0.4 is 4.90 Å². The van der Waals surface area contributed by atoms with Crippen LogP contribution in [0.25, 0.3) is 17.1 Å². The number of hydrogen-bond donors (Lipinski definition) is 0. The second-order valence-corrected chi connectivity index (χ2v) is 7.20. The molecule has 3 aromatic rings. The topological polar surface area (TPSA) is 36.7 Å². The Labute approximate surface area is 174 Å². The highest BCUT2D eigenvalue weighted by Gasteiger charge is 2.10. The molecule has 0 radical (unpaired) electrons. The Hall–Kier alpha value is -2.92. The van der Waals surface area contributed by atoms with Gasteiger partial charge in [0.2, 0.25) is 5.95 Å². The van der Waals surface area contributed by atoms with Gasteiger partial charge in [-0.25, -0.2) is 9.98 Å². The molecule has 0 spiro atoms. The highest BCUT2D eigenvalue weighted by molar-refractivity contribution is 5.82. The van der Waals surface area contributed by atoms with Crippen molar-refractivity contribution in [1.82, 2.24) is 14.5 Å². The van der Waals surface area contributed by atoms with E-state index in [-0.39, 0.29) is 0 Å². The fraction of sp³-hybridized carbons (Fsp3) is 0.333. The van der Waals surface area contributed by atoms with Gasteiger partial charge in [-0.05, 0) is 49.0 Å². The van der Waals surface area contributed by atoms with E-state index in [2.05, 4.69) is 75.7 Å². The summed E-state index contributed by atoms with van der Waals surface area (Å²) >= 11 is 0. The number of rotatable bonds is 9. The molecule has 0 N–H and O–H groups in total. The van der Waals surface area contributed by atoms with E-state index in [0.29, 0.717) is 0 Å². The van der Waals surface area contributed by atoms with Gasteiger partial charge >= 0.3 is 0 Å². The number of fused-ring (bicyclic) bond motifs is 1. The summed E-state index contributed by atoms with van der Waals surface area (Å²) in [6, 6.07) is 16.7. The minimum atomic E-state index is 0.756. The van der Waals surface area contributed by atoms with Crippen molar-refractivity contribution in [2.45, 2.75) is 20.4 Å². The number of likely N-dealkylation sites (N-methyl/N-ethyl adjacent to an activating group) is 1. The van der Waals surface area contributed by atoms with E-state index in [1.165, 1.54) is 5.69 Å². The largest absolute Gasteiger partial charge is 0.378 e. The van der Waals surface area contributed by atoms with Crippen LogP contribution in [0, 0.1) is 0 Å². The standard InChI is InChI=1S/C24H31N5/c1-5-28(6-2)18-19-29-23-12-8-7-11-22(23)26-24(29)25-17-9-10-20-13-15-21(16-14-20)27(3)4/h7-17H,5-6,18-19H2,1-4H3/b10-9+,25-17+. The molecular formula is C24H31N5. The first-order chi connectivity index (χ1) is 14.1. The number of imidazole rings is 1. The number of para-hydroxylation sites is 2. The van der Waals surface area contributed by atoms with Gasteiger partial charge in [-0.3, -0.25) is 0 Å². The van der Waals surface area contributed by atoms with Gasteiger partial charge in [0.1, 0.15) is 0 Å². The van der Waals surface area contributed by atoms with Crippen LogP contribution in [0.5, 0.6) is 0 Å². The van der Waals surface area contributed by atoms with Gasteiger partial charge in [-0.2, -0.15) is 0 Å². The minimum Gasteiger partial charge on any atom is -0.378 e. The molecule has 1 heterocycles. The van der Waals surface area contributed by atoms with E-state index in [1.54, 1.807) is 0 Å².